The van der Waals surface area contributed by atoms with Gasteiger partial charge in [-0.15, -0.1) is 0 Å². The molecule has 1 rings (SSSR count). The molecule has 0 saturated carbocycles. The zero-order valence-corrected chi connectivity index (χ0v) is 38.3. The van der Waals surface area contributed by atoms with E-state index in [9.17, 15) is 34.1 Å². The summed E-state index contributed by atoms with van der Waals surface area (Å²) in [6.45, 7) is 4.40. The fourth-order valence-corrected chi connectivity index (χ4v) is 7.78. The van der Waals surface area contributed by atoms with Gasteiger partial charge in [-0.2, -0.15) is 0 Å². The smallest absolute Gasteiger partial charge is 0.462 e. The molecule has 0 aromatic carbocycles. The van der Waals surface area contributed by atoms with Crippen LogP contribution in [-0.2, 0) is 37.5 Å². The van der Waals surface area contributed by atoms with E-state index in [1.165, 1.54) is 77.0 Å². The van der Waals surface area contributed by atoms with E-state index < -0.39 is 57.9 Å². The lowest BCUT2D eigenvalue weighted by Gasteiger charge is -2.20. The first-order valence-electron chi connectivity index (χ1n) is 23.4. The lowest BCUT2D eigenvalue weighted by Crippen LogP contribution is -2.29. The molecule has 0 aromatic heterocycles. The Balaban J connectivity index is 2.38. The summed E-state index contributed by atoms with van der Waals surface area (Å²) in [6, 6.07) is 0. The van der Waals surface area contributed by atoms with E-state index >= 15 is 0 Å². The van der Waals surface area contributed by atoms with Crippen LogP contribution < -0.4 is 0 Å². The predicted molar refractivity (Wildman–Crippen MR) is 237 cm³/mol. The minimum Gasteiger partial charge on any atom is -0.462 e. The van der Waals surface area contributed by atoms with Gasteiger partial charge in [0.1, 0.15) is 12.7 Å². The summed E-state index contributed by atoms with van der Waals surface area (Å²) in [5.41, 5.74) is 0. The quantitative estimate of drug-likeness (QED) is 0.0198. The summed E-state index contributed by atoms with van der Waals surface area (Å²) in [5.74, 6) is -0.535. The van der Waals surface area contributed by atoms with Crippen LogP contribution in [0.5, 0.6) is 0 Å². The molecule has 0 spiro atoms. The van der Waals surface area contributed by atoms with Crippen LogP contribution in [0, 0.1) is 17.8 Å². The fourth-order valence-electron chi connectivity index (χ4n) is 6.99. The molecule has 0 amide bonds. The monoisotopic (exact) mass is 871 g/mol. The Morgan fingerprint density at radius 3 is 1.92 bits per heavy atom. The Morgan fingerprint density at radius 2 is 1.32 bits per heavy atom. The summed E-state index contributed by atoms with van der Waals surface area (Å²) < 4.78 is 32.8. The molecule has 60 heavy (non-hydrogen) atoms. The van der Waals surface area contributed by atoms with E-state index in [0.29, 0.717) is 32.1 Å². The highest BCUT2D eigenvalue weighted by molar-refractivity contribution is 7.47. The fraction of sp³-hybridized carbons (Fsp3) is 0.809. The van der Waals surface area contributed by atoms with Crippen molar-refractivity contribution in [2.24, 2.45) is 17.8 Å². The van der Waals surface area contributed by atoms with E-state index in [-0.39, 0.29) is 37.1 Å². The van der Waals surface area contributed by atoms with Crippen LogP contribution in [0.4, 0.5) is 0 Å². The molecule has 12 nitrogen and oxygen atoms in total. The second kappa shape index (κ2) is 36.3. The van der Waals surface area contributed by atoms with Crippen LogP contribution >= 0.6 is 7.82 Å². The van der Waals surface area contributed by atoms with Crippen LogP contribution in [-0.4, -0.2) is 82.7 Å². The van der Waals surface area contributed by atoms with Gasteiger partial charge in [0.25, 0.3) is 0 Å². The van der Waals surface area contributed by atoms with Gasteiger partial charge in [-0.3, -0.25) is 23.4 Å². The van der Waals surface area contributed by atoms with Gasteiger partial charge in [-0.05, 0) is 50.0 Å². The number of esters is 2. The van der Waals surface area contributed by atoms with E-state index in [4.69, 9.17) is 19.1 Å². The number of ether oxygens (including phenoxy) is 2. The van der Waals surface area contributed by atoms with Crippen LogP contribution in [0.2, 0.25) is 0 Å². The number of hydrogen-bond donors (Lipinski definition) is 4. The first-order chi connectivity index (χ1) is 28.9. The van der Waals surface area contributed by atoms with Crippen molar-refractivity contribution < 1.29 is 57.7 Å². The Labute approximate surface area is 362 Å². The number of ketones is 1. The average molecular weight is 871 g/mol. The normalized spacial score (nSPS) is 18.1. The minimum atomic E-state index is -4.68. The summed E-state index contributed by atoms with van der Waals surface area (Å²) in [6.07, 6.45) is 33.1. The second-order valence-electron chi connectivity index (χ2n) is 16.9. The molecular formula is C47H83O12P. The number of hydrogen-bond acceptors (Lipinski definition) is 11. The van der Waals surface area contributed by atoms with Gasteiger partial charge in [0.15, 0.2) is 11.9 Å². The van der Waals surface area contributed by atoms with Gasteiger partial charge < -0.3 is 29.7 Å². The molecule has 1 unspecified atom stereocenters. The van der Waals surface area contributed by atoms with Gasteiger partial charge in [-0.1, -0.05) is 167 Å². The van der Waals surface area contributed by atoms with Crippen molar-refractivity contribution in [1.29, 1.82) is 0 Å². The van der Waals surface area contributed by atoms with E-state index in [2.05, 4.69) is 25.3 Å². The molecule has 4 N–H and O–H groups in total. The molecule has 1 aliphatic carbocycles. The zero-order chi connectivity index (χ0) is 44.3. The number of carbonyl (C=O) groups is 3. The molecule has 0 radical (unpaired) electrons. The van der Waals surface area contributed by atoms with Crippen molar-refractivity contribution >= 4 is 25.5 Å². The summed E-state index contributed by atoms with van der Waals surface area (Å²) in [7, 11) is -4.68. The van der Waals surface area contributed by atoms with Gasteiger partial charge in [-0.25, -0.2) is 4.57 Å². The lowest BCUT2D eigenvalue weighted by atomic mass is 9.90. The van der Waals surface area contributed by atoms with Gasteiger partial charge in [0.2, 0.25) is 0 Å². The Hall–Kier alpha value is -2.18. The first kappa shape index (κ1) is 55.8. The van der Waals surface area contributed by atoms with Crippen molar-refractivity contribution in [2.45, 2.75) is 200 Å². The Kier molecular flexibility index (Phi) is 33.8. The average Bonchev–Trinajstić information content (AvgIpc) is 3.57. The minimum absolute atomic E-state index is 0.00179. The maximum Gasteiger partial charge on any atom is 0.472 e. The molecule has 13 heteroatoms. The van der Waals surface area contributed by atoms with Crippen LogP contribution in [0.15, 0.2) is 36.5 Å². The van der Waals surface area contributed by atoms with Gasteiger partial charge in [0, 0.05) is 18.8 Å². The number of unbranched alkanes of at least 4 members (excludes halogenated alkanes) is 17. The summed E-state index contributed by atoms with van der Waals surface area (Å²) in [5, 5.41) is 28.6. The molecule has 0 aliphatic heterocycles. The van der Waals surface area contributed by atoms with Crippen molar-refractivity contribution in [3.8, 4) is 0 Å². The Morgan fingerprint density at radius 1 is 0.750 bits per heavy atom. The summed E-state index contributed by atoms with van der Waals surface area (Å²) in [4.78, 5) is 47.6. The highest BCUT2D eigenvalue weighted by atomic mass is 31.2. The third-order valence-electron chi connectivity index (χ3n) is 10.7. The molecule has 0 saturated heterocycles. The van der Waals surface area contributed by atoms with Crippen LogP contribution in [0.25, 0.3) is 0 Å². The van der Waals surface area contributed by atoms with E-state index in [1.807, 2.05) is 24.3 Å². The van der Waals surface area contributed by atoms with E-state index in [1.54, 1.807) is 12.2 Å². The topological polar surface area (TPSA) is 186 Å². The molecule has 6 atom stereocenters. The second-order valence-corrected chi connectivity index (χ2v) is 18.4. The SMILES string of the molecule is CCCCC[C@H](O)/C=C/[C@H]1C(=O)C=C[C@@H]1C/C=C\CCCC(=O)O[C@H](COC(=O)CCCCCCCCCCCCCCCCCC(C)C)COP(=O)(O)OC[C@@H](O)CO. The van der Waals surface area contributed by atoms with Crippen molar-refractivity contribution in [2.75, 3.05) is 26.4 Å². The summed E-state index contributed by atoms with van der Waals surface area (Å²) >= 11 is 0. The van der Waals surface area contributed by atoms with Gasteiger partial charge in [0.05, 0.1) is 25.9 Å². The number of allylic oxidation sites excluding steroid dienone is 5. The largest absolute Gasteiger partial charge is 0.472 e. The van der Waals surface area contributed by atoms with Crippen LogP contribution in [0.1, 0.15) is 181 Å². The van der Waals surface area contributed by atoms with Crippen LogP contribution in [0.3, 0.4) is 0 Å². The van der Waals surface area contributed by atoms with Crippen molar-refractivity contribution in [1.82, 2.24) is 0 Å². The molecular weight excluding hydrogens is 787 g/mol. The number of phosphoric acid groups is 1. The Bertz CT molecular complexity index is 1250. The van der Waals surface area contributed by atoms with E-state index in [0.717, 1.165) is 44.4 Å². The number of aliphatic hydroxyl groups excluding tert-OH is 3. The maximum absolute atomic E-state index is 12.7. The molecule has 0 bridgehead atoms. The lowest BCUT2D eigenvalue weighted by molar-refractivity contribution is -0.161. The van der Waals surface area contributed by atoms with Gasteiger partial charge >= 0.3 is 19.8 Å². The van der Waals surface area contributed by atoms with Crippen molar-refractivity contribution in [3.05, 3.63) is 36.5 Å². The predicted octanol–water partition coefficient (Wildman–Crippen LogP) is 10.2. The first-order valence-corrected chi connectivity index (χ1v) is 24.9. The number of phosphoric ester groups is 1. The molecule has 1 aliphatic rings. The molecule has 0 heterocycles. The number of carbonyl (C=O) groups excluding carboxylic acids is 3. The maximum atomic E-state index is 12.7. The molecule has 0 aromatic rings. The highest BCUT2D eigenvalue weighted by Crippen LogP contribution is 2.43. The van der Waals surface area contributed by atoms with Crippen molar-refractivity contribution in [3.63, 3.8) is 0 Å². The third-order valence-corrected chi connectivity index (χ3v) is 11.7. The third kappa shape index (κ3) is 31.6. The number of rotatable bonds is 40. The standard InChI is InChI=1S/C47H83O12P/c1-4-5-21-28-41(49)32-33-44-40(31-34-45(44)51)27-23-19-20-25-30-47(53)59-43(38-58-60(54,55)57-36-42(50)35-48)37-56-46(52)29-24-18-16-14-12-10-8-6-7-9-11-13-15-17-22-26-39(2)3/h19,23,31-34,39-44,48-50H,4-18,20-22,24-30,35-38H2,1-3H3,(H,54,55)/b23-19-,33-32+/t40-,41-,42-,43+,44+/m0/s1. The number of aliphatic hydroxyl groups is 3. The molecule has 348 valence electrons. The molecule has 0 fully saturated rings. The highest BCUT2D eigenvalue weighted by Gasteiger charge is 2.28. The zero-order valence-electron chi connectivity index (χ0n) is 37.4.